The number of carbonyl (C=O) groups is 3. The second-order valence-electron chi connectivity index (χ2n) is 6.95. The van der Waals surface area contributed by atoms with Crippen LogP contribution in [0.4, 0.5) is 5.69 Å². The van der Waals surface area contributed by atoms with E-state index in [0.717, 1.165) is 10.1 Å². The first-order chi connectivity index (χ1) is 16.8. The van der Waals surface area contributed by atoms with Crippen molar-refractivity contribution < 1.29 is 19.1 Å². The van der Waals surface area contributed by atoms with Crippen molar-refractivity contribution in [1.29, 1.82) is 0 Å². The van der Waals surface area contributed by atoms with Gasteiger partial charge in [0.25, 0.3) is 0 Å². The van der Waals surface area contributed by atoms with Crippen LogP contribution in [0.1, 0.15) is 15.2 Å². The number of benzene rings is 3. The lowest BCUT2D eigenvalue weighted by Crippen LogP contribution is -2.32. The van der Waals surface area contributed by atoms with Gasteiger partial charge in [-0.15, -0.1) is 11.3 Å². The van der Waals surface area contributed by atoms with Gasteiger partial charge in [-0.05, 0) is 36.4 Å². The number of amides is 2. The Morgan fingerprint density at radius 3 is 2.46 bits per heavy atom. The van der Waals surface area contributed by atoms with Crippen LogP contribution in [-0.4, -0.2) is 24.0 Å². The van der Waals surface area contributed by atoms with E-state index in [1.807, 2.05) is 24.3 Å². The number of esters is 1. The minimum Gasteiger partial charge on any atom is -0.422 e. The molecule has 0 fully saturated rings. The monoisotopic (exact) mass is 545 g/mol. The molecule has 0 saturated carbocycles. The Morgan fingerprint density at radius 1 is 0.914 bits per heavy atom. The third kappa shape index (κ3) is 5.80. The minimum atomic E-state index is -1.04. The van der Waals surface area contributed by atoms with Gasteiger partial charge in [-0.3, -0.25) is 9.59 Å². The normalized spacial score (nSPS) is 10.9. The molecule has 0 bridgehead atoms. The molecule has 0 unspecified atom stereocenters. The Balaban J connectivity index is 1.43. The number of nitrogens with zero attached hydrogens (tertiary/aromatic N) is 1. The molecule has 0 spiro atoms. The van der Waals surface area contributed by atoms with Crippen LogP contribution < -0.4 is 15.5 Å². The van der Waals surface area contributed by atoms with Crippen molar-refractivity contribution in [3.05, 3.63) is 92.2 Å². The molecule has 0 aliphatic carbocycles. The van der Waals surface area contributed by atoms with E-state index in [1.54, 1.807) is 30.3 Å². The van der Waals surface area contributed by atoms with Gasteiger partial charge in [-0.25, -0.2) is 10.2 Å². The first-order valence-corrected chi connectivity index (χ1v) is 11.9. The average molecular weight is 547 g/mol. The summed E-state index contributed by atoms with van der Waals surface area (Å²) in [6, 6.07) is 18.4. The molecule has 11 heteroatoms. The summed E-state index contributed by atoms with van der Waals surface area (Å²) in [5.41, 5.74) is 2.67. The van der Waals surface area contributed by atoms with E-state index in [0.29, 0.717) is 15.6 Å². The lowest BCUT2D eigenvalue weighted by atomic mass is 10.2. The Bertz CT molecular complexity index is 1490. The smallest absolute Gasteiger partial charge is 0.355 e. The molecular weight excluding hydrogens is 533 g/mol. The van der Waals surface area contributed by atoms with Crippen molar-refractivity contribution >= 4 is 85.9 Å². The molecule has 0 saturated heterocycles. The summed E-state index contributed by atoms with van der Waals surface area (Å²) in [6.07, 6.45) is 1.24. The number of hydrogen-bond donors (Lipinski definition) is 2. The minimum absolute atomic E-state index is 0.181. The summed E-state index contributed by atoms with van der Waals surface area (Å²) in [7, 11) is 0. The molecule has 4 aromatic rings. The van der Waals surface area contributed by atoms with Crippen LogP contribution in [0.2, 0.25) is 15.1 Å². The van der Waals surface area contributed by atoms with E-state index in [9.17, 15) is 14.4 Å². The van der Waals surface area contributed by atoms with Crippen molar-refractivity contribution in [3.63, 3.8) is 0 Å². The highest BCUT2D eigenvalue weighted by Crippen LogP contribution is 2.36. The number of hydrogen-bond acceptors (Lipinski definition) is 6. The van der Waals surface area contributed by atoms with E-state index >= 15 is 0 Å². The highest BCUT2D eigenvalue weighted by atomic mass is 35.5. The number of ether oxygens (including phenoxy) is 1. The summed E-state index contributed by atoms with van der Waals surface area (Å²) in [5.74, 6) is -2.47. The Hall–Kier alpha value is -3.43. The Labute approximate surface area is 218 Å². The standard InChI is InChI=1S/C24H14Cl3N3O4S/c25-14-9-10-16(26)17(11-14)29-22(31)23(32)30-28-12-13-5-1-3-7-18(13)34-24(33)21-20(27)15-6-2-4-8-19(15)35-21/h1-12H,(H,29,31)(H,30,32)/b28-12+. The van der Waals surface area contributed by atoms with E-state index in [4.69, 9.17) is 39.5 Å². The number of anilines is 1. The van der Waals surface area contributed by atoms with Crippen molar-refractivity contribution in [2.24, 2.45) is 5.10 Å². The zero-order valence-electron chi connectivity index (χ0n) is 17.6. The van der Waals surface area contributed by atoms with E-state index in [1.165, 1.54) is 29.7 Å². The maximum absolute atomic E-state index is 12.8. The third-order valence-corrected chi connectivity index (χ3v) is 6.81. The van der Waals surface area contributed by atoms with Gasteiger partial charge in [0.1, 0.15) is 10.6 Å². The molecule has 2 N–H and O–H groups in total. The van der Waals surface area contributed by atoms with Gasteiger partial charge < -0.3 is 10.1 Å². The molecule has 1 aromatic heterocycles. The number of carbonyl (C=O) groups excluding carboxylic acids is 3. The van der Waals surface area contributed by atoms with Crippen LogP contribution in [0.15, 0.2) is 71.8 Å². The number of para-hydroxylation sites is 1. The second-order valence-corrected chi connectivity index (χ2v) is 9.22. The van der Waals surface area contributed by atoms with Gasteiger partial charge in [-0.2, -0.15) is 5.10 Å². The van der Waals surface area contributed by atoms with Crippen LogP contribution in [0.5, 0.6) is 5.75 Å². The van der Waals surface area contributed by atoms with Gasteiger partial charge in [0.2, 0.25) is 0 Å². The molecule has 3 aromatic carbocycles. The largest absolute Gasteiger partial charge is 0.422 e. The van der Waals surface area contributed by atoms with Crippen LogP contribution in [0, 0.1) is 0 Å². The average Bonchev–Trinajstić information content (AvgIpc) is 3.19. The van der Waals surface area contributed by atoms with E-state index in [2.05, 4.69) is 15.8 Å². The fourth-order valence-corrected chi connectivity index (χ4v) is 4.68. The fraction of sp³-hybridized carbons (Fsp3) is 0. The van der Waals surface area contributed by atoms with Gasteiger partial charge in [-0.1, -0.05) is 65.1 Å². The molecule has 7 nitrogen and oxygen atoms in total. The second kappa shape index (κ2) is 10.9. The highest BCUT2D eigenvalue weighted by Gasteiger charge is 2.20. The lowest BCUT2D eigenvalue weighted by Gasteiger charge is -2.07. The third-order valence-electron chi connectivity index (χ3n) is 4.59. The molecule has 0 atom stereocenters. The molecule has 1 heterocycles. The molecule has 35 heavy (non-hydrogen) atoms. The molecular formula is C24H14Cl3N3O4S. The highest BCUT2D eigenvalue weighted by molar-refractivity contribution is 7.21. The maximum atomic E-state index is 12.8. The molecule has 176 valence electrons. The maximum Gasteiger partial charge on any atom is 0.355 e. The van der Waals surface area contributed by atoms with Gasteiger partial charge in [0.05, 0.1) is 21.9 Å². The summed E-state index contributed by atoms with van der Waals surface area (Å²) in [4.78, 5) is 37.2. The summed E-state index contributed by atoms with van der Waals surface area (Å²) < 4.78 is 6.39. The quantitative estimate of drug-likeness (QED) is 0.103. The zero-order valence-corrected chi connectivity index (χ0v) is 20.6. The van der Waals surface area contributed by atoms with Crippen LogP contribution in [-0.2, 0) is 9.59 Å². The molecule has 0 aliphatic rings. The number of fused-ring (bicyclic) bond motifs is 1. The van der Waals surface area contributed by atoms with Crippen molar-refractivity contribution in [2.45, 2.75) is 0 Å². The van der Waals surface area contributed by atoms with Gasteiger partial charge >= 0.3 is 17.8 Å². The molecule has 2 amide bonds. The van der Waals surface area contributed by atoms with Crippen molar-refractivity contribution in [2.75, 3.05) is 5.32 Å². The predicted octanol–water partition coefficient (Wildman–Crippen LogP) is 6.17. The first kappa shape index (κ1) is 24.7. The number of thiophene rings is 1. The molecule has 4 rings (SSSR count). The summed E-state index contributed by atoms with van der Waals surface area (Å²) >= 11 is 19.4. The number of nitrogens with one attached hydrogen (secondary N) is 2. The zero-order chi connectivity index (χ0) is 24.9. The van der Waals surface area contributed by atoms with Crippen molar-refractivity contribution in [3.8, 4) is 5.75 Å². The van der Waals surface area contributed by atoms with Crippen LogP contribution >= 0.6 is 46.1 Å². The molecule has 0 aliphatic heterocycles. The summed E-state index contributed by atoms with van der Waals surface area (Å²) in [5, 5.41) is 7.77. The van der Waals surface area contributed by atoms with E-state index in [-0.39, 0.29) is 21.3 Å². The lowest BCUT2D eigenvalue weighted by molar-refractivity contribution is -0.136. The van der Waals surface area contributed by atoms with E-state index < -0.39 is 17.8 Å². The van der Waals surface area contributed by atoms with Gasteiger partial charge in [0.15, 0.2) is 0 Å². The summed E-state index contributed by atoms with van der Waals surface area (Å²) in [6.45, 7) is 0. The van der Waals surface area contributed by atoms with Gasteiger partial charge in [0, 0.05) is 20.7 Å². The van der Waals surface area contributed by atoms with Crippen LogP contribution in [0.3, 0.4) is 0 Å². The number of rotatable bonds is 5. The topological polar surface area (TPSA) is 96.9 Å². The predicted molar refractivity (Wildman–Crippen MR) is 139 cm³/mol. The number of hydrazone groups is 1. The van der Waals surface area contributed by atoms with Crippen molar-refractivity contribution in [1.82, 2.24) is 5.43 Å². The number of halogens is 3. The SMILES string of the molecule is O=C(N/N=C/c1ccccc1OC(=O)c1sc2ccccc2c1Cl)C(=O)Nc1cc(Cl)ccc1Cl. The molecule has 0 radical (unpaired) electrons. The Kier molecular flexibility index (Phi) is 7.67. The fourth-order valence-electron chi connectivity index (χ4n) is 2.96. The Morgan fingerprint density at radius 2 is 1.66 bits per heavy atom. The van der Waals surface area contributed by atoms with Crippen LogP contribution in [0.25, 0.3) is 10.1 Å². The first-order valence-electron chi connectivity index (χ1n) is 9.91.